The van der Waals surface area contributed by atoms with E-state index < -0.39 is 90.4 Å². The Kier molecular flexibility index (Phi) is 19.1. The molecule has 0 aromatic carbocycles. The molecule has 356 valence electrons. The zero-order chi connectivity index (χ0) is 46.3. The fourth-order valence-electron chi connectivity index (χ4n) is 9.77. The highest BCUT2D eigenvalue weighted by Gasteiger charge is 2.51. The second kappa shape index (κ2) is 22.7. The van der Waals surface area contributed by atoms with Crippen LogP contribution in [0.25, 0.3) is 0 Å². The molecule has 1 aromatic rings. The van der Waals surface area contributed by atoms with Gasteiger partial charge < -0.3 is 64.0 Å². The Morgan fingerprint density at radius 1 is 1.03 bits per heavy atom. The summed E-state index contributed by atoms with van der Waals surface area (Å²) in [7, 11) is 5.81. The first-order valence-corrected chi connectivity index (χ1v) is 22.8. The van der Waals surface area contributed by atoms with Gasteiger partial charge in [-0.1, -0.05) is 27.7 Å². The summed E-state index contributed by atoms with van der Waals surface area (Å²) in [4.78, 5) is 35.1. The molecular formula is C46H80N4O12. The first-order valence-electron chi connectivity index (χ1n) is 22.8. The number of carbonyl (C=O) groups is 2. The number of aliphatic hydroxyl groups is 4. The minimum Gasteiger partial charge on any atom is -0.459 e. The number of hydrogen-bond acceptors (Lipinski definition) is 15. The molecule has 3 aliphatic heterocycles. The normalized spacial score (nSPS) is 42.1. The van der Waals surface area contributed by atoms with E-state index >= 15 is 0 Å². The maximum atomic E-state index is 14.4. The van der Waals surface area contributed by atoms with Gasteiger partial charge in [0, 0.05) is 56.5 Å². The van der Waals surface area contributed by atoms with Crippen molar-refractivity contribution in [2.24, 2.45) is 23.7 Å². The molecule has 0 radical (unpaired) electrons. The van der Waals surface area contributed by atoms with Gasteiger partial charge in [-0.3, -0.25) is 14.6 Å². The van der Waals surface area contributed by atoms with Gasteiger partial charge in [0.25, 0.3) is 5.91 Å². The topological polar surface area (TPSA) is 202 Å². The fraction of sp³-hybridized carbons (Fsp3) is 0.848. The molecule has 16 heteroatoms. The van der Waals surface area contributed by atoms with Gasteiger partial charge in [0.1, 0.15) is 23.9 Å². The molecule has 1 unspecified atom stereocenters. The minimum atomic E-state index is -1.80. The van der Waals surface area contributed by atoms with Crippen molar-refractivity contribution in [1.82, 2.24) is 20.1 Å². The third-order valence-corrected chi connectivity index (χ3v) is 13.5. The van der Waals surface area contributed by atoms with Crippen LogP contribution in [0, 0.1) is 23.7 Å². The van der Waals surface area contributed by atoms with Gasteiger partial charge in [-0.15, -0.1) is 0 Å². The van der Waals surface area contributed by atoms with E-state index in [9.17, 15) is 30.0 Å². The van der Waals surface area contributed by atoms with Gasteiger partial charge in [0.2, 0.25) is 0 Å². The Morgan fingerprint density at radius 2 is 1.73 bits per heavy atom. The quantitative estimate of drug-likeness (QED) is 0.151. The zero-order valence-electron chi connectivity index (χ0n) is 39.6. The van der Waals surface area contributed by atoms with Crippen molar-refractivity contribution in [3.05, 3.63) is 30.1 Å². The molecule has 0 saturated carbocycles. The molecule has 1 aromatic heterocycles. The van der Waals surface area contributed by atoms with Crippen LogP contribution in [0.15, 0.2) is 24.5 Å². The first-order chi connectivity index (χ1) is 29.0. The first kappa shape index (κ1) is 52.3. The molecule has 4 heterocycles. The second-order valence-electron chi connectivity index (χ2n) is 19.4. The number of nitrogens with one attached hydrogen (secondary N) is 1. The Labute approximate surface area is 370 Å². The van der Waals surface area contributed by atoms with Gasteiger partial charge in [-0.05, 0) is 112 Å². The van der Waals surface area contributed by atoms with Gasteiger partial charge >= 0.3 is 5.97 Å². The van der Waals surface area contributed by atoms with E-state index in [4.69, 9.17) is 28.4 Å². The molecule has 1 amide bonds. The van der Waals surface area contributed by atoms with Crippen molar-refractivity contribution in [1.29, 1.82) is 0 Å². The maximum absolute atomic E-state index is 14.4. The third-order valence-electron chi connectivity index (χ3n) is 13.5. The number of rotatable bonds is 12. The number of amides is 1. The highest BCUT2D eigenvalue weighted by Crippen LogP contribution is 2.39. The number of esters is 1. The lowest BCUT2D eigenvalue weighted by Crippen LogP contribution is -2.60. The molecule has 0 bridgehead atoms. The lowest BCUT2D eigenvalue weighted by Gasteiger charge is -2.48. The van der Waals surface area contributed by atoms with Gasteiger partial charge in [-0.25, -0.2) is 0 Å². The molecule has 3 aliphatic rings. The van der Waals surface area contributed by atoms with E-state index in [2.05, 4.69) is 15.2 Å². The summed E-state index contributed by atoms with van der Waals surface area (Å²) in [6, 6.07) is 2.73. The number of likely N-dealkylation sites (N-methyl/N-ethyl adjacent to an activating group) is 2. The van der Waals surface area contributed by atoms with Crippen LogP contribution in [0.3, 0.4) is 0 Å². The third kappa shape index (κ3) is 13.1. The van der Waals surface area contributed by atoms with Crippen molar-refractivity contribution < 1.29 is 58.4 Å². The number of aliphatic hydroxyl groups excluding tert-OH is 2. The number of ether oxygens (including phenoxy) is 6. The average Bonchev–Trinajstić information content (AvgIpc) is 3.21. The summed E-state index contributed by atoms with van der Waals surface area (Å²) in [5.41, 5.74) is -2.88. The van der Waals surface area contributed by atoms with E-state index in [1.807, 2.05) is 60.7 Å². The summed E-state index contributed by atoms with van der Waals surface area (Å²) in [6.07, 6.45) is -3.07. The van der Waals surface area contributed by atoms with Crippen LogP contribution in [-0.2, 0) is 33.2 Å². The van der Waals surface area contributed by atoms with Crippen LogP contribution in [0.1, 0.15) is 112 Å². The van der Waals surface area contributed by atoms with E-state index in [0.29, 0.717) is 37.9 Å². The summed E-state index contributed by atoms with van der Waals surface area (Å²) in [6.45, 7) is 19.2. The molecule has 3 fully saturated rings. The number of pyridine rings is 1. The predicted molar refractivity (Wildman–Crippen MR) is 233 cm³/mol. The molecule has 4 rings (SSSR count). The standard InChI is InChI=1S/C46H80N4O12/c1-14-35-46(10,56)40(52)31(7)50(13)25-26(2)23-45(9,55)41(29(5)38(30(6)43(54)60-35)61-36-21-27(3)37(51)32(8)59-36)62-44-39(34(49(11)12)22-28(4)58-44)57-20-16-19-48-42(53)33-17-15-18-47-24-33/h15,17-18,24,26-32,34-41,44,51-52,55-56H,14,16,19-23,25H2,1-13H3,(H,48,53)/t26-,27?,28-,29+,30-,31-,32+,34+,35-,36+,37-,38+,39-,40-,41-,44+,45-,46-/m1/s1. The molecule has 62 heavy (non-hydrogen) atoms. The number of cyclic esters (lactones) is 1. The SMILES string of the molecule is CC[C@H]1OC(=O)[C@H](C)[C@@H](O[C@H]2CC(C)[C@@H](O)[C@H](C)O2)[C@H](C)[C@@H](O[C@@H]2O[C@H](C)C[C@H](N(C)C)[C@H]2OCCCNC(=O)c2cccnc2)[C@](C)(O)C[C@@H](C)CN(C)[C@H](C)[C@@H](O)[C@]1(C)O. The maximum Gasteiger partial charge on any atom is 0.311 e. The van der Waals surface area contributed by atoms with E-state index in [-0.39, 0.29) is 49.3 Å². The highest BCUT2D eigenvalue weighted by atomic mass is 16.7. The van der Waals surface area contributed by atoms with Crippen LogP contribution in [0.4, 0.5) is 0 Å². The minimum absolute atomic E-state index is 0.138. The van der Waals surface area contributed by atoms with Crippen molar-refractivity contribution in [3.8, 4) is 0 Å². The Hall–Kier alpha value is -2.35. The van der Waals surface area contributed by atoms with E-state index in [1.165, 1.54) is 13.1 Å². The van der Waals surface area contributed by atoms with Crippen LogP contribution in [0.5, 0.6) is 0 Å². The highest BCUT2D eigenvalue weighted by molar-refractivity contribution is 5.93. The summed E-state index contributed by atoms with van der Waals surface area (Å²) in [5.74, 6) is -2.89. The monoisotopic (exact) mass is 881 g/mol. The number of carbonyl (C=O) groups excluding carboxylic acids is 2. The van der Waals surface area contributed by atoms with Gasteiger partial charge in [0.15, 0.2) is 12.6 Å². The second-order valence-corrected chi connectivity index (χ2v) is 19.4. The summed E-state index contributed by atoms with van der Waals surface area (Å²) >= 11 is 0. The molecule has 3 saturated heterocycles. The Bertz CT molecular complexity index is 1530. The van der Waals surface area contributed by atoms with Crippen LogP contribution < -0.4 is 5.32 Å². The zero-order valence-corrected chi connectivity index (χ0v) is 39.6. The Balaban J connectivity index is 1.73. The molecule has 16 nitrogen and oxygen atoms in total. The van der Waals surface area contributed by atoms with Crippen LogP contribution in [-0.4, -0.2) is 173 Å². The van der Waals surface area contributed by atoms with Gasteiger partial charge in [0.05, 0.1) is 47.6 Å². The van der Waals surface area contributed by atoms with Crippen LogP contribution >= 0.6 is 0 Å². The molecule has 0 spiro atoms. The van der Waals surface area contributed by atoms with Crippen molar-refractivity contribution in [2.75, 3.05) is 40.8 Å². The van der Waals surface area contributed by atoms with Crippen molar-refractivity contribution >= 4 is 11.9 Å². The summed E-state index contributed by atoms with van der Waals surface area (Å²) < 4.78 is 39.4. The molecule has 0 aliphatic carbocycles. The largest absolute Gasteiger partial charge is 0.459 e. The number of hydrogen-bond donors (Lipinski definition) is 5. The lowest BCUT2D eigenvalue weighted by atomic mass is 9.77. The van der Waals surface area contributed by atoms with Crippen LogP contribution in [0.2, 0.25) is 0 Å². The predicted octanol–water partition coefficient (Wildman–Crippen LogP) is 3.37. The fourth-order valence-corrected chi connectivity index (χ4v) is 9.77. The van der Waals surface area contributed by atoms with Gasteiger partial charge in [-0.2, -0.15) is 0 Å². The van der Waals surface area contributed by atoms with E-state index in [0.717, 1.165) is 0 Å². The van der Waals surface area contributed by atoms with Crippen molar-refractivity contribution in [2.45, 2.75) is 186 Å². The van der Waals surface area contributed by atoms with E-state index in [1.54, 1.807) is 46.0 Å². The molecule has 18 atom stereocenters. The number of nitrogens with zero attached hydrogens (tertiary/aromatic N) is 3. The molecule has 5 N–H and O–H groups in total. The summed E-state index contributed by atoms with van der Waals surface area (Å²) in [5, 5.41) is 49.9. The molecular weight excluding hydrogens is 801 g/mol. The van der Waals surface area contributed by atoms with Crippen molar-refractivity contribution in [3.63, 3.8) is 0 Å². The smallest absolute Gasteiger partial charge is 0.311 e. The number of aromatic nitrogens is 1. The lowest BCUT2D eigenvalue weighted by molar-refractivity contribution is -0.314. The Morgan fingerprint density at radius 3 is 2.34 bits per heavy atom. The average molecular weight is 881 g/mol.